The summed E-state index contributed by atoms with van der Waals surface area (Å²) in [4.78, 5) is 37.8. The second kappa shape index (κ2) is 11.4. The molecule has 0 unspecified atom stereocenters. The fourth-order valence-electron chi connectivity index (χ4n) is 5.25. The topological polar surface area (TPSA) is 126 Å². The molecule has 2 aliphatic rings. The number of imidazole rings is 1. The third-order valence-electron chi connectivity index (χ3n) is 7.52. The van der Waals surface area contributed by atoms with Gasteiger partial charge in [-0.05, 0) is 68.2 Å². The number of pyridine rings is 2. The Bertz CT molecular complexity index is 1510. The van der Waals surface area contributed by atoms with Crippen molar-refractivity contribution in [3.63, 3.8) is 0 Å². The van der Waals surface area contributed by atoms with E-state index in [0.717, 1.165) is 56.0 Å². The molecule has 6 rings (SSSR count). The molecule has 10 nitrogen and oxygen atoms in total. The zero-order chi connectivity index (χ0) is 27.5. The van der Waals surface area contributed by atoms with Crippen LogP contribution in [0.15, 0.2) is 55.2 Å². The lowest BCUT2D eigenvalue weighted by atomic mass is 9.82. The first-order valence-electron chi connectivity index (χ1n) is 13.7. The van der Waals surface area contributed by atoms with E-state index >= 15 is 0 Å². The third-order valence-corrected chi connectivity index (χ3v) is 7.52. The first-order chi connectivity index (χ1) is 19.5. The highest BCUT2D eigenvalue weighted by Gasteiger charge is 2.26. The fraction of sp³-hybridized carbons (Fsp3) is 0.379. The SMILES string of the molecule is O=C(Cc1ccncc1)CC1CCC(Nc2cc(NC3CC3)c3ncc(C(=O)Nc4ccncc4F)n3n2)CC1. The summed E-state index contributed by atoms with van der Waals surface area (Å²) < 4.78 is 15.6. The Morgan fingerprint density at radius 3 is 2.38 bits per heavy atom. The smallest absolute Gasteiger partial charge is 0.276 e. The maximum Gasteiger partial charge on any atom is 0.276 e. The first-order valence-corrected chi connectivity index (χ1v) is 13.7. The van der Waals surface area contributed by atoms with Gasteiger partial charge in [0.2, 0.25) is 0 Å². The normalized spacial score (nSPS) is 18.8. The summed E-state index contributed by atoms with van der Waals surface area (Å²) >= 11 is 0. The molecular weight excluding hydrogens is 511 g/mol. The number of carbonyl (C=O) groups excluding carboxylic acids is 2. The second-order valence-electron chi connectivity index (χ2n) is 10.7. The van der Waals surface area contributed by atoms with Crippen molar-refractivity contribution in [1.82, 2.24) is 24.6 Å². The van der Waals surface area contributed by atoms with Crippen molar-refractivity contribution in [2.75, 3.05) is 16.0 Å². The maximum atomic E-state index is 14.1. The van der Waals surface area contributed by atoms with Crippen LogP contribution in [0.5, 0.6) is 0 Å². The van der Waals surface area contributed by atoms with Crippen molar-refractivity contribution in [1.29, 1.82) is 0 Å². The van der Waals surface area contributed by atoms with Gasteiger partial charge in [-0.15, -0.1) is 5.10 Å². The number of rotatable bonds is 10. The van der Waals surface area contributed by atoms with E-state index in [2.05, 4.69) is 30.9 Å². The molecule has 1 amide bonds. The van der Waals surface area contributed by atoms with E-state index in [9.17, 15) is 14.0 Å². The predicted molar refractivity (Wildman–Crippen MR) is 149 cm³/mol. The average molecular weight is 543 g/mol. The molecule has 2 fully saturated rings. The van der Waals surface area contributed by atoms with Crippen LogP contribution in [0.3, 0.4) is 0 Å². The van der Waals surface area contributed by atoms with Crippen molar-refractivity contribution >= 4 is 34.5 Å². The van der Waals surface area contributed by atoms with E-state index < -0.39 is 11.7 Å². The van der Waals surface area contributed by atoms with Crippen LogP contribution >= 0.6 is 0 Å². The number of Topliss-reactive ketones (excluding diaryl/α,β-unsaturated/α-hetero) is 1. The summed E-state index contributed by atoms with van der Waals surface area (Å²) in [7, 11) is 0. The number of hydrogen-bond donors (Lipinski definition) is 3. The Balaban J connectivity index is 1.13. The van der Waals surface area contributed by atoms with Gasteiger partial charge < -0.3 is 16.0 Å². The van der Waals surface area contributed by atoms with Crippen LogP contribution in [0.2, 0.25) is 0 Å². The Kier molecular flexibility index (Phi) is 7.35. The molecule has 2 saturated carbocycles. The molecule has 0 bridgehead atoms. The van der Waals surface area contributed by atoms with Gasteiger partial charge in [0, 0.05) is 49.6 Å². The van der Waals surface area contributed by atoms with Gasteiger partial charge in [-0.1, -0.05) is 0 Å². The Morgan fingerprint density at radius 1 is 0.900 bits per heavy atom. The van der Waals surface area contributed by atoms with Gasteiger partial charge in [0.25, 0.3) is 5.91 Å². The van der Waals surface area contributed by atoms with E-state index in [4.69, 9.17) is 5.10 Å². The summed E-state index contributed by atoms with van der Waals surface area (Å²) in [5.41, 5.74) is 2.58. The van der Waals surface area contributed by atoms with Gasteiger partial charge in [0.05, 0.1) is 23.8 Å². The number of aromatic nitrogens is 5. The molecule has 40 heavy (non-hydrogen) atoms. The lowest BCUT2D eigenvalue weighted by Gasteiger charge is -2.29. The Morgan fingerprint density at radius 2 is 1.62 bits per heavy atom. The molecule has 0 atom stereocenters. The molecule has 4 heterocycles. The second-order valence-corrected chi connectivity index (χ2v) is 10.7. The van der Waals surface area contributed by atoms with Crippen molar-refractivity contribution in [3.8, 4) is 0 Å². The number of hydrogen-bond acceptors (Lipinski definition) is 8. The minimum absolute atomic E-state index is 0.0385. The van der Waals surface area contributed by atoms with Crippen LogP contribution in [0.1, 0.15) is 61.0 Å². The fourth-order valence-corrected chi connectivity index (χ4v) is 5.25. The summed E-state index contributed by atoms with van der Waals surface area (Å²) in [6.45, 7) is 0. The minimum atomic E-state index is -0.620. The maximum absolute atomic E-state index is 14.1. The molecule has 0 aromatic carbocycles. The van der Waals surface area contributed by atoms with Crippen molar-refractivity contribution in [2.24, 2.45) is 5.92 Å². The number of nitrogens with one attached hydrogen (secondary N) is 3. The van der Waals surface area contributed by atoms with Gasteiger partial charge in [-0.2, -0.15) is 0 Å². The molecule has 3 N–H and O–H groups in total. The molecule has 0 aliphatic heterocycles. The number of halogens is 1. The van der Waals surface area contributed by atoms with Crippen molar-refractivity contribution in [2.45, 2.75) is 63.5 Å². The van der Waals surface area contributed by atoms with Crippen LogP contribution in [-0.2, 0) is 11.2 Å². The molecule has 4 aromatic rings. The van der Waals surface area contributed by atoms with Crippen LogP contribution < -0.4 is 16.0 Å². The number of carbonyl (C=O) groups is 2. The molecule has 206 valence electrons. The average Bonchev–Trinajstić information content (AvgIpc) is 3.66. The highest BCUT2D eigenvalue weighted by Crippen LogP contribution is 2.32. The standard InChI is InChI=1S/C29H31FN8O2/c30-23-16-32-12-9-24(23)36-29(40)26-17-33-28-25(34-20-5-6-20)15-27(37-38(26)28)35-21-3-1-18(2-4-21)13-22(39)14-19-7-10-31-11-8-19/h7-12,15-18,20-21,34H,1-6,13-14H2,(H,35,37)(H,32,36,40). The number of nitrogens with zero attached hydrogens (tertiary/aromatic N) is 5. The molecular formula is C29H31FN8O2. The number of amides is 1. The zero-order valence-corrected chi connectivity index (χ0v) is 22.0. The highest BCUT2D eigenvalue weighted by molar-refractivity contribution is 6.03. The summed E-state index contributed by atoms with van der Waals surface area (Å²) in [5, 5.41) is 14.3. The number of fused-ring (bicyclic) bond motifs is 1. The van der Waals surface area contributed by atoms with Crippen LogP contribution in [0.25, 0.3) is 5.65 Å². The van der Waals surface area contributed by atoms with Crippen molar-refractivity contribution in [3.05, 3.63) is 72.3 Å². The van der Waals surface area contributed by atoms with Gasteiger partial charge >= 0.3 is 0 Å². The van der Waals surface area contributed by atoms with Gasteiger partial charge in [-0.25, -0.2) is 13.9 Å². The summed E-state index contributed by atoms with van der Waals surface area (Å²) in [6, 6.07) is 7.70. The van der Waals surface area contributed by atoms with Gasteiger partial charge in [0.15, 0.2) is 17.2 Å². The number of anilines is 3. The molecule has 0 saturated heterocycles. The Hall–Kier alpha value is -4.41. The van der Waals surface area contributed by atoms with E-state index in [1.54, 1.807) is 12.4 Å². The van der Waals surface area contributed by atoms with Crippen molar-refractivity contribution < 1.29 is 14.0 Å². The quantitative estimate of drug-likeness (QED) is 0.264. The Labute approximate surface area is 230 Å². The summed E-state index contributed by atoms with van der Waals surface area (Å²) in [6.07, 6.45) is 14.3. The van der Waals surface area contributed by atoms with Crippen LogP contribution in [0, 0.1) is 11.7 Å². The monoisotopic (exact) mass is 542 g/mol. The predicted octanol–water partition coefficient (Wildman–Crippen LogP) is 4.66. The minimum Gasteiger partial charge on any atom is -0.379 e. The van der Waals surface area contributed by atoms with Crippen LogP contribution in [0.4, 0.5) is 21.6 Å². The van der Waals surface area contributed by atoms with Crippen LogP contribution in [-0.4, -0.2) is 48.3 Å². The zero-order valence-electron chi connectivity index (χ0n) is 22.0. The van der Waals surface area contributed by atoms with Gasteiger partial charge in [0.1, 0.15) is 11.6 Å². The molecule has 4 aromatic heterocycles. The van der Waals surface area contributed by atoms with Gasteiger partial charge in [-0.3, -0.25) is 19.6 Å². The number of ketones is 1. The highest BCUT2D eigenvalue weighted by atomic mass is 19.1. The van der Waals surface area contributed by atoms with E-state index in [1.165, 1.54) is 23.0 Å². The molecule has 2 aliphatic carbocycles. The molecule has 0 radical (unpaired) electrons. The molecule has 11 heteroatoms. The molecule has 0 spiro atoms. The van der Waals surface area contributed by atoms with E-state index in [0.29, 0.717) is 36.3 Å². The third kappa shape index (κ3) is 6.08. The first kappa shape index (κ1) is 25.8. The lowest BCUT2D eigenvalue weighted by Crippen LogP contribution is -2.28. The lowest BCUT2D eigenvalue weighted by molar-refractivity contribution is -0.119. The van der Waals surface area contributed by atoms with E-state index in [-0.39, 0.29) is 23.2 Å². The summed E-state index contributed by atoms with van der Waals surface area (Å²) in [5.74, 6) is 0.146. The van der Waals surface area contributed by atoms with E-state index in [1.807, 2.05) is 18.2 Å². The largest absolute Gasteiger partial charge is 0.379 e.